The van der Waals surface area contributed by atoms with E-state index in [2.05, 4.69) is 31.2 Å². The summed E-state index contributed by atoms with van der Waals surface area (Å²) in [4.78, 5) is 4.43. The summed E-state index contributed by atoms with van der Waals surface area (Å²) in [7, 11) is 0. The Bertz CT molecular complexity index is 272. The summed E-state index contributed by atoms with van der Waals surface area (Å²) in [6.45, 7) is 8.39. The van der Waals surface area contributed by atoms with Crippen LogP contribution in [0.5, 0.6) is 0 Å². The molecule has 0 aliphatic heterocycles. The SMILES string of the molecule is Cc1nc(C(C)(C)C)sc1NN. The van der Waals surface area contributed by atoms with Gasteiger partial charge in [-0.15, -0.1) is 0 Å². The van der Waals surface area contributed by atoms with Gasteiger partial charge in [-0.2, -0.15) is 0 Å². The lowest BCUT2D eigenvalue weighted by Crippen LogP contribution is -2.10. The first-order chi connectivity index (χ1) is 5.45. The molecule has 12 heavy (non-hydrogen) atoms. The van der Waals surface area contributed by atoms with E-state index >= 15 is 0 Å². The summed E-state index contributed by atoms with van der Waals surface area (Å²) in [5.41, 5.74) is 3.74. The van der Waals surface area contributed by atoms with E-state index in [1.165, 1.54) is 0 Å². The Hall–Kier alpha value is -0.610. The van der Waals surface area contributed by atoms with Gasteiger partial charge in [0.1, 0.15) is 10.0 Å². The highest BCUT2D eigenvalue weighted by Gasteiger charge is 2.19. The van der Waals surface area contributed by atoms with Crippen molar-refractivity contribution in [1.82, 2.24) is 4.98 Å². The zero-order valence-electron chi connectivity index (χ0n) is 7.93. The first kappa shape index (κ1) is 9.48. The number of nitrogens with one attached hydrogen (secondary N) is 1. The molecule has 3 nitrogen and oxygen atoms in total. The van der Waals surface area contributed by atoms with Gasteiger partial charge in [0, 0.05) is 5.41 Å². The molecule has 0 aliphatic rings. The molecule has 4 heteroatoms. The van der Waals surface area contributed by atoms with Crippen LogP contribution in [0.25, 0.3) is 0 Å². The number of hydrazine groups is 1. The van der Waals surface area contributed by atoms with Gasteiger partial charge in [0.05, 0.1) is 5.69 Å². The molecule has 0 atom stereocenters. The van der Waals surface area contributed by atoms with Crippen molar-refractivity contribution in [3.05, 3.63) is 10.7 Å². The van der Waals surface area contributed by atoms with E-state index in [4.69, 9.17) is 5.84 Å². The molecule has 1 rings (SSSR count). The van der Waals surface area contributed by atoms with Crippen LogP contribution in [0.1, 0.15) is 31.5 Å². The molecular weight excluding hydrogens is 170 g/mol. The van der Waals surface area contributed by atoms with Crippen molar-refractivity contribution in [3.8, 4) is 0 Å². The zero-order valence-corrected chi connectivity index (χ0v) is 8.75. The van der Waals surface area contributed by atoms with Gasteiger partial charge in [-0.1, -0.05) is 32.1 Å². The van der Waals surface area contributed by atoms with Crippen LogP contribution in [-0.2, 0) is 5.41 Å². The minimum atomic E-state index is 0.116. The number of nitrogens with zero attached hydrogens (tertiary/aromatic N) is 1. The third-order valence-electron chi connectivity index (χ3n) is 1.57. The Labute approximate surface area is 77.0 Å². The maximum atomic E-state index is 5.33. The van der Waals surface area contributed by atoms with Gasteiger partial charge in [-0.05, 0) is 6.92 Å². The predicted octanol–water partition coefficient (Wildman–Crippen LogP) is 2.03. The molecule has 0 aromatic carbocycles. The number of hydrogen-bond donors (Lipinski definition) is 2. The molecule has 0 spiro atoms. The summed E-state index contributed by atoms with van der Waals surface area (Å²) in [6, 6.07) is 0. The number of anilines is 1. The average Bonchev–Trinajstić information content (AvgIpc) is 2.29. The Morgan fingerprint density at radius 1 is 1.42 bits per heavy atom. The van der Waals surface area contributed by atoms with Gasteiger partial charge in [-0.3, -0.25) is 0 Å². The molecule has 1 aromatic heterocycles. The summed E-state index contributed by atoms with van der Waals surface area (Å²) < 4.78 is 0. The summed E-state index contributed by atoms with van der Waals surface area (Å²) in [6.07, 6.45) is 0. The average molecular weight is 185 g/mol. The Morgan fingerprint density at radius 2 is 2.00 bits per heavy atom. The smallest absolute Gasteiger partial charge is 0.126 e. The third kappa shape index (κ3) is 1.76. The first-order valence-electron chi connectivity index (χ1n) is 3.89. The number of aromatic nitrogens is 1. The monoisotopic (exact) mass is 185 g/mol. The van der Waals surface area contributed by atoms with E-state index in [-0.39, 0.29) is 5.41 Å². The predicted molar refractivity (Wildman–Crippen MR) is 53.4 cm³/mol. The molecule has 0 aliphatic carbocycles. The molecule has 1 heterocycles. The minimum Gasteiger partial charge on any atom is -0.314 e. The van der Waals surface area contributed by atoms with Crippen molar-refractivity contribution in [3.63, 3.8) is 0 Å². The molecule has 0 fully saturated rings. The maximum Gasteiger partial charge on any atom is 0.126 e. The van der Waals surface area contributed by atoms with E-state index in [0.29, 0.717) is 0 Å². The Morgan fingerprint density at radius 3 is 2.25 bits per heavy atom. The number of nitrogens with two attached hydrogens (primary N) is 1. The molecular formula is C8H15N3S. The van der Waals surface area contributed by atoms with Crippen molar-refractivity contribution >= 4 is 16.3 Å². The van der Waals surface area contributed by atoms with Crippen molar-refractivity contribution in [2.45, 2.75) is 33.1 Å². The second-order valence-electron chi connectivity index (χ2n) is 3.83. The first-order valence-corrected chi connectivity index (χ1v) is 4.71. The van der Waals surface area contributed by atoms with Crippen LogP contribution in [-0.4, -0.2) is 4.98 Å². The molecule has 1 aromatic rings. The van der Waals surface area contributed by atoms with E-state index < -0.39 is 0 Å². The van der Waals surface area contributed by atoms with E-state index in [1.54, 1.807) is 11.3 Å². The topological polar surface area (TPSA) is 50.9 Å². The van der Waals surface area contributed by atoms with Gasteiger partial charge >= 0.3 is 0 Å². The third-order valence-corrected chi connectivity index (χ3v) is 3.08. The quantitative estimate of drug-likeness (QED) is 0.520. The standard InChI is InChI=1S/C8H15N3S/c1-5-6(11-9)12-7(10-5)8(2,3)4/h11H,9H2,1-4H3. The zero-order chi connectivity index (χ0) is 9.35. The van der Waals surface area contributed by atoms with Crippen LogP contribution >= 0.6 is 11.3 Å². The summed E-state index contributed by atoms with van der Waals surface area (Å²) in [5.74, 6) is 5.33. The van der Waals surface area contributed by atoms with Gasteiger partial charge in [0.2, 0.25) is 0 Å². The molecule has 0 saturated heterocycles. The summed E-state index contributed by atoms with van der Waals surface area (Å²) in [5, 5.41) is 2.08. The lowest BCUT2D eigenvalue weighted by atomic mass is 9.98. The fourth-order valence-corrected chi connectivity index (χ4v) is 1.79. The van der Waals surface area contributed by atoms with Crippen LogP contribution in [0.2, 0.25) is 0 Å². The van der Waals surface area contributed by atoms with Crippen LogP contribution in [0.4, 0.5) is 5.00 Å². The van der Waals surface area contributed by atoms with Crippen molar-refractivity contribution in [2.75, 3.05) is 5.43 Å². The van der Waals surface area contributed by atoms with Gasteiger partial charge in [0.15, 0.2) is 0 Å². The number of nitrogen functional groups attached to an aromatic ring is 1. The van der Waals surface area contributed by atoms with Crippen molar-refractivity contribution in [2.24, 2.45) is 5.84 Å². The van der Waals surface area contributed by atoms with Crippen LogP contribution in [0.15, 0.2) is 0 Å². The maximum absolute atomic E-state index is 5.33. The Kier molecular flexibility index (Phi) is 2.39. The van der Waals surface area contributed by atoms with Gasteiger partial charge < -0.3 is 5.43 Å². The van der Waals surface area contributed by atoms with E-state index in [9.17, 15) is 0 Å². The lowest BCUT2D eigenvalue weighted by molar-refractivity contribution is 0.584. The normalized spacial score (nSPS) is 11.8. The fraction of sp³-hybridized carbons (Fsp3) is 0.625. The summed E-state index contributed by atoms with van der Waals surface area (Å²) >= 11 is 1.62. The largest absolute Gasteiger partial charge is 0.314 e. The van der Waals surface area contributed by atoms with Crippen LogP contribution in [0, 0.1) is 6.92 Å². The second-order valence-corrected chi connectivity index (χ2v) is 4.83. The van der Waals surface area contributed by atoms with Crippen LogP contribution < -0.4 is 11.3 Å². The number of aryl methyl sites for hydroxylation is 1. The highest BCUT2D eigenvalue weighted by Crippen LogP contribution is 2.31. The van der Waals surface area contributed by atoms with E-state index in [1.807, 2.05) is 6.92 Å². The fourth-order valence-electron chi connectivity index (χ4n) is 0.851. The molecule has 0 unspecified atom stereocenters. The molecule has 0 radical (unpaired) electrons. The van der Waals surface area contributed by atoms with Crippen molar-refractivity contribution in [1.29, 1.82) is 0 Å². The molecule has 0 amide bonds. The number of rotatable bonds is 1. The molecule has 0 bridgehead atoms. The molecule has 0 saturated carbocycles. The highest BCUT2D eigenvalue weighted by molar-refractivity contribution is 7.16. The highest BCUT2D eigenvalue weighted by atomic mass is 32.1. The van der Waals surface area contributed by atoms with Gasteiger partial charge in [-0.25, -0.2) is 10.8 Å². The minimum absolute atomic E-state index is 0.116. The van der Waals surface area contributed by atoms with Crippen LogP contribution in [0.3, 0.4) is 0 Å². The van der Waals surface area contributed by atoms with Gasteiger partial charge in [0.25, 0.3) is 0 Å². The Balaban J connectivity index is 3.05. The number of hydrogen-bond acceptors (Lipinski definition) is 4. The molecule has 3 N–H and O–H groups in total. The molecule has 68 valence electrons. The lowest BCUT2D eigenvalue weighted by Gasteiger charge is -2.13. The second kappa shape index (κ2) is 3.03. The van der Waals surface area contributed by atoms with Crippen molar-refractivity contribution < 1.29 is 0 Å². The number of thiazole rings is 1. The van der Waals surface area contributed by atoms with E-state index in [0.717, 1.165) is 15.7 Å².